The normalized spacial score (nSPS) is 18.6. The summed E-state index contributed by atoms with van der Waals surface area (Å²) in [4.78, 5) is 39.9. The number of carbonyl (C=O) groups excluding carboxylic acids is 2. The molecule has 4 rings (SSSR count). The van der Waals surface area contributed by atoms with E-state index in [0.717, 1.165) is 17.4 Å². The van der Waals surface area contributed by atoms with Gasteiger partial charge in [0, 0.05) is 32.3 Å². The van der Waals surface area contributed by atoms with Gasteiger partial charge >= 0.3 is 0 Å². The first-order chi connectivity index (χ1) is 15.7. The summed E-state index contributed by atoms with van der Waals surface area (Å²) in [6, 6.07) is 0.00930. The molecule has 2 aromatic rings. The summed E-state index contributed by atoms with van der Waals surface area (Å²) >= 11 is 0. The van der Waals surface area contributed by atoms with Crippen LogP contribution >= 0.6 is 0 Å². The lowest BCUT2D eigenvalue weighted by atomic mass is 10.2. The SMILES string of the molecule is CNc1nn2c(=O)c(C(=O)NC3CC3)c(O)n(CC(C)C)c2c1C=CC(=O)N1CCC(F)C1. The van der Waals surface area contributed by atoms with E-state index in [-0.39, 0.29) is 35.6 Å². The Hall–Kier alpha value is -3.37. The average Bonchev–Trinajstić information content (AvgIpc) is 3.33. The van der Waals surface area contributed by atoms with Gasteiger partial charge in [0.15, 0.2) is 17.0 Å². The van der Waals surface area contributed by atoms with E-state index >= 15 is 0 Å². The fourth-order valence-corrected chi connectivity index (χ4v) is 4.00. The minimum Gasteiger partial charge on any atom is -0.494 e. The molecular formula is C22H29FN6O4. The van der Waals surface area contributed by atoms with E-state index in [9.17, 15) is 23.9 Å². The predicted octanol–water partition coefficient (Wildman–Crippen LogP) is 1.38. The molecule has 11 heteroatoms. The van der Waals surface area contributed by atoms with Crippen LogP contribution in [-0.4, -0.2) is 68.4 Å². The molecule has 3 N–H and O–H groups in total. The predicted molar refractivity (Wildman–Crippen MR) is 121 cm³/mol. The van der Waals surface area contributed by atoms with Crippen LogP contribution in [0, 0.1) is 5.92 Å². The zero-order valence-corrected chi connectivity index (χ0v) is 19.0. The molecule has 10 nitrogen and oxygen atoms in total. The first-order valence-electron chi connectivity index (χ1n) is 11.2. The lowest BCUT2D eigenvalue weighted by Crippen LogP contribution is -2.34. The number of aromatic hydroxyl groups is 1. The van der Waals surface area contributed by atoms with E-state index in [1.165, 1.54) is 21.6 Å². The highest BCUT2D eigenvalue weighted by atomic mass is 19.1. The minimum atomic E-state index is -1.03. The molecule has 1 aliphatic carbocycles. The third-order valence-electron chi connectivity index (χ3n) is 5.80. The lowest BCUT2D eigenvalue weighted by molar-refractivity contribution is -0.125. The monoisotopic (exact) mass is 460 g/mol. The van der Waals surface area contributed by atoms with Gasteiger partial charge in [-0.1, -0.05) is 13.8 Å². The summed E-state index contributed by atoms with van der Waals surface area (Å²) in [5, 5.41) is 21.0. The Morgan fingerprint density at radius 3 is 2.61 bits per heavy atom. The first-order valence-corrected chi connectivity index (χ1v) is 11.2. The van der Waals surface area contributed by atoms with Crippen LogP contribution in [0.5, 0.6) is 5.88 Å². The molecule has 3 heterocycles. The Balaban J connectivity index is 1.84. The van der Waals surface area contributed by atoms with Crippen molar-refractivity contribution in [1.29, 1.82) is 0 Å². The lowest BCUT2D eigenvalue weighted by Gasteiger charge is -2.17. The van der Waals surface area contributed by atoms with E-state index in [4.69, 9.17) is 0 Å². The number of anilines is 1. The maximum absolute atomic E-state index is 13.5. The molecule has 2 aromatic heterocycles. The molecule has 1 unspecified atom stereocenters. The van der Waals surface area contributed by atoms with Gasteiger partial charge in [0.05, 0.1) is 12.1 Å². The quantitative estimate of drug-likeness (QED) is 0.537. The number of carbonyl (C=O) groups is 2. The van der Waals surface area contributed by atoms with Crippen LogP contribution in [0.2, 0.25) is 0 Å². The second-order valence-corrected chi connectivity index (χ2v) is 9.01. The second kappa shape index (κ2) is 8.87. The Morgan fingerprint density at radius 2 is 2.03 bits per heavy atom. The number of nitrogens with one attached hydrogen (secondary N) is 2. The van der Waals surface area contributed by atoms with Gasteiger partial charge in [-0.25, -0.2) is 4.39 Å². The van der Waals surface area contributed by atoms with Gasteiger partial charge in [-0.15, -0.1) is 5.10 Å². The Labute approximate surface area is 190 Å². The second-order valence-electron chi connectivity index (χ2n) is 9.01. The van der Waals surface area contributed by atoms with Crippen molar-refractivity contribution in [2.75, 3.05) is 25.5 Å². The molecule has 2 fully saturated rings. The molecule has 1 saturated heterocycles. The number of hydrogen-bond donors (Lipinski definition) is 3. The van der Waals surface area contributed by atoms with Crippen LogP contribution in [-0.2, 0) is 11.3 Å². The van der Waals surface area contributed by atoms with Gasteiger partial charge in [-0.3, -0.25) is 19.0 Å². The van der Waals surface area contributed by atoms with Crippen molar-refractivity contribution in [2.45, 2.75) is 51.9 Å². The first kappa shape index (κ1) is 22.8. The van der Waals surface area contributed by atoms with Crippen molar-refractivity contribution in [1.82, 2.24) is 24.4 Å². The van der Waals surface area contributed by atoms with Gasteiger partial charge in [0.25, 0.3) is 11.5 Å². The number of alkyl halides is 1. The van der Waals surface area contributed by atoms with Gasteiger partial charge in [-0.05, 0) is 31.3 Å². The highest BCUT2D eigenvalue weighted by molar-refractivity contribution is 5.97. The Kier molecular flexibility index (Phi) is 6.13. The van der Waals surface area contributed by atoms with Crippen molar-refractivity contribution in [3.63, 3.8) is 0 Å². The van der Waals surface area contributed by atoms with Crippen molar-refractivity contribution in [2.24, 2.45) is 5.92 Å². The standard InChI is InChI=1S/C22H29FN6O4/c1-12(2)10-28-20-15(6-7-16(30)27-9-8-13(23)11-27)18(24-3)26-29(20)22(33)17(21(28)32)19(31)25-14-4-5-14/h6-7,12-14,32H,4-5,8-11H2,1-3H3,(H,24,26)(H,25,31). The number of amides is 2. The maximum Gasteiger partial charge on any atom is 0.291 e. The summed E-state index contributed by atoms with van der Waals surface area (Å²) in [5.74, 6) is -1.05. The zero-order valence-electron chi connectivity index (χ0n) is 19.0. The smallest absolute Gasteiger partial charge is 0.291 e. The maximum atomic E-state index is 13.5. The highest BCUT2D eigenvalue weighted by Gasteiger charge is 2.31. The number of aromatic nitrogens is 3. The van der Waals surface area contributed by atoms with Crippen LogP contribution in [0.15, 0.2) is 10.9 Å². The fourth-order valence-electron chi connectivity index (χ4n) is 4.00. The molecule has 0 spiro atoms. The van der Waals surface area contributed by atoms with Crippen molar-refractivity contribution in [3.8, 4) is 5.88 Å². The minimum absolute atomic E-state index is 0.00930. The molecule has 1 aliphatic heterocycles. The largest absolute Gasteiger partial charge is 0.494 e. The van der Waals surface area contributed by atoms with Crippen molar-refractivity contribution < 1.29 is 19.1 Å². The van der Waals surface area contributed by atoms with Gasteiger partial charge in [0.1, 0.15) is 6.17 Å². The number of hydrogen-bond acceptors (Lipinski definition) is 6. The van der Waals surface area contributed by atoms with E-state index in [0.29, 0.717) is 30.9 Å². The zero-order chi connectivity index (χ0) is 23.9. The van der Waals surface area contributed by atoms with E-state index in [2.05, 4.69) is 15.7 Å². The Bertz CT molecular complexity index is 1180. The number of halogens is 1. The number of likely N-dealkylation sites (tertiary alicyclic amines) is 1. The molecule has 1 atom stereocenters. The average molecular weight is 461 g/mol. The van der Waals surface area contributed by atoms with E-state index in [1.807, 2.05) is 13.8 Å². The van der Waals surface area contributed by atoms with Crippen molar-refractivity contribution in [3.05, 3.63) is 27.6 Å². The van der Waals surface area contributed by atoms with Gasteiger partial charge in [-0.2, -0.15) is 4.52 Å². The molecule has 0 bridgehead atoms. The molecule has 1 saturated carbocycles. The third-order valence-corrected chi connectivity index (χ3v) is 5.80. The molecule has 178 valence electrons. The van der Waals surface area contributed by atoms with Crippen LogP contribution in [0.3, 0.4) is 0 Å². The molecule has 2 aliphatic rings. The molecule has 2 amide bonds. The summed E-state index contributed by atoms with van der Waals surface area (Å²) in [6.45, 7) is 4.57. The Morgan fingerprint density at radius 1 is 1.30 bits per heavy atom. The molecule has 0 radical (unpaired) electrons. The van der Waals surface area contributed by atoms with E-state index < -0.39 is 23.5 Å². The van der Waals surface area contributed by atoms with Gasteiger partial charge in [0.2, 0.25) is 11.8 Å². The summed E-state index contributed by atoms with van der Waals surface area (Å²) in [5.41, 5.74) is -0.447. The summed E-state index contributed by atoms with van der Waals surface area (Å²) in [7, 11) is 1.62. The molecule has 0 aromatic carbocycles. The molecule has 33 heavy (non-hydrogen) atoms. The highest BCUT2D eigenvalue weighted by Crippen LogP contribution is 2.28. The fraction of sp³-hybridized carbons (Fsp3) is 0.545. The number of fused-ring (bicyclic) bond motifs is 1. The van der Waals surface area contributed by atoms with Crippen LogP contribution in [0.4, 0.5) is 10.2 Å². The third kappa shape index (κ3) is 4.44. The van der Waals surface area contributed by atoms with Crippen LogP contribution < -0.4 is 16.2 Å². The number of rotatable bonds is 7. The van der Waals surface area contributed by atoms with Crippen LogP contribution in [0.25, 0.3) is 11.7 Å². The molecular weight excluding hydrogens is 431 g/mol. The van der Waals surface area contributed by atoms with Crippen LogP contribution in [0.1, 0.15) is 49.0 Å². The number of nitrogens with zero attached hydrogens (tertiary/aromatic N) is 4. The topological polar surface area (TPSA) is 121 Å². The van der Waals surface area contributed by atoms with Gasteiger partial charge < -0.3 is 20.6 Å². The summed E-state index contributed by atoms with van der Waals surface area (Å²) < 4.78 is 16.0. The summed E-state index contributed by atoms with van der Waals surface area (Å²) in [6.07, 6.45) is 3.77. The van der Waals surface area contributed by atoms with E-state index in [1.54, 1.807) is 7.05 Å². The van der Waals surface area contributed by atoms with Crippen molar-refractivity contribution >= 4 is 29.4 Å².